The number of phenolic OH excluding ortho intramolecular Hbond substituents is 1. The van der Waals surface area contributed by atoms with E-state index in [1.807, 2.05) is 24.3 Å². The van der Waals surface area contributed by atoms with Gasteiger partial charge in [-0.1, -0.05) is 37.6 Å². The summed E-state index contributed by atoms with van der Waals surface area (Å²) in [6.07, 6.45) is 4.26. The second kappa shape index (κ2) is 9.87. The first-order valence-electron chi connectivity index (χ1n) is 9.51. The van der Waals surface area contributed by atoms with Crippen LogP contribution in [0, 0.1) is 0 Å². The highest BCUT2D eigenvalue weighted by molar-refractivity contribution is 5.85. The lowest BCUT2D eigenvalue weighted by Crippen LogP contribution is -2.41. The molecule has 0 radical (unpaired) electrons. The van der Waals surface area contributed by atoms with Gasteiger partial charge in [0, 0.05) is 6.04 Å². The van der Waals surface area contributed by atoms with Gasteiger partial charge in [-0.15, -0.1) is 0 Å². The Kier molecular flexibility index (Phi) is 7.00. The molecule has 7 heteroatoms. The number of amides is 1. The van der Waals surface area contributed by atoms with E-state index in [1.54, 1.807) is 24.3 Å². The molecule has 1 fully saturated rings. The van der Waals surface area contributed by atoms with Crippen molar-refractivity contribution in [2.24, 2.45) is 5.10 Å². The topological polar surface area (TPSA) is 95.0 Å². The lowest BCUT2D eigenvalue weighted by molar-refractivity contribution is -0.122. The minimum atomic E-state index is -0.383. The molecular formula is C21H26N4O3. The Morgan fingerprint density at radius 3 is 2.86 bits per heavy atom. The Morgan fingerprint density at radius 2 is 2.11 bits per heavy atom. The Morgan fingerprint density at radius 1 is 1.29 bits per heavy atom. The van der Waals surface area contributed by atoms with Crippen molar-refractivity contribution >= 4 is 12.1 Å². The molecule has 1 heterocycles. The molecule has 2 aromatic rings. The van der Waals surface area contributed by atoms with Crippen molar-refractivity contribution < 1.29 is 14.6 Å². The number of hydrogen-bond acceptors (Lipinski definition) is 6. The van der Waals surface area contributed by atoms with Gasteiger partial charge in [-0.2, -0.15) is 5.10 Å². The van der Waals surface area contributed by atoms with Crippen molar-refractivity contribution in [3.05, 3.63) is 59.7 Å². The van der Waals surface area contributed by atoms with Crippen molar-refractivity contribution in [1.82, 2.24) is 16.3 Å². The van der Waals surface area contributed by atoms with Gasteiger partial charge in [0.1, 0.15) is 17.5 Å². The van der Waals surface area contributed by atoms with E-state index >= 15 is 0 Å². The van der Waals surface area contributed by atoms with Crippen LogP contribution in [-0.4, -0.2) is 29.9 Å². The molecule has 28 heavy (non-hydrogen) atoms. The van der Waals surface area contributed by atoms with E-state index in [9.17, 15) is 9.90 Å². The van der Waals surface area contributed by atoms with Crippen LogP contribution in [0.3, 0.4) is 0 Å². The predicted molar refractivity (Wildman–Crippen MR) is 108 cm³/mol. The number of rotatable bonds is 8. The number of hydrazone groups is 1. The van der Waals surface area contributed by atoms with Crippen LogP contribution < -0.4 is 21.0 Å². The van der Waals surface area contributed by atoms with E-state index in [0.29, 0.717) is 12.0 Å². The van der Waals surface area contributed by atoms with Gasteiger partial charge in [0.15, 0.2) is 0 Å². The smallest absolute Gasteiger partial charge is 0.258 e. The van der Waals surface area contributed by atoms with Crippen molar-refractivity contribution in [3.8, 4) is 11.5 Å². The number of nitrogens with zero attached hydrogens (tertiary/aromatic N) is 1. The lowest BCUT2D eigenvalue weighted by Gasteiger charge is -2.11. The fourth-order valence-corrected chi connectivity index (χ4v) is 2.93. The fraction of sp³-hybridized carbons (Fsp3) is 0.333. The summed E-state index contributed by atoms with van der Waals surface area (Å²) in [4.78, 5) is 12.3. The van der Waals surface area contributed by atoms with Crippen LogP contribution in [0.15, 0.2) is 53.6 Å². The first-order valence-corrected chi connectivity index (χ1v) is 9.51. The van der Waals surface area contributed by atoms with Crippen molar-refractivity contribution in [1.29, 1.82) is 0 Å². The van der Waals surface area contributed by atoms with Crippen molar-refractivity contribution in [3.63, 3.8) is 0 Å². The maximum Gasteiger partial charge on any atom is 0.258 e. The van der Waals surface area contributed by atoms with Gasteiger partial charge in [-0.25, -0.2) is 16.3 Å². The highest BCUT2D eigenvalue weighted by Gasteiger charge is 2.30. The summed E-state index contributed by atoms with van der Waals surface area (Å²) in [6, 6.07) is 14.2. The van der Waals surface area contributed by atoms with Gasteiger partial charge in [0.25, 0.3) is 5.91 Å². The average Bonchev–Trinajstić information content (AvgIpc) is 3.19. The zero-order chi connectivity index (χ0) is 19.8. The molecule has 1 aliphatic rings. The van der Waals surface area contributed by atoms with Gasteiger partial charge in [0.05, 0.1) is 12.8 Å². The summed E-state index contributed by atoms with van der Waals surface area (Å²) >= 11 is 0. The third-order valence-corrected chi connectivity index (χ3v) is 4.53. The largest absolute Gasteiger partial charge is 0.508 e. The lowest BCUT2D eigenvalue weighted by atomic mass is 10.0. The number of benzene rings is 2. The van der Waals surface area contributed by atoms with Crippen LogP contribution in [0.25, 0.3) is 0 Å². The number of carbonyl (C=O) groups excluding carboxylic acids is 1. The summed E-state index contributed by atoms with van der Waals surface area (Å²) < 4.78 is 5.68. The molecule has 0 saturated carbocycles. The third-order valence-electron chi connectivity index (χ3n) is 4.53. The van der Waals surface area contributed by atoms with E-state index in [0.717, 1.165) is 30.8 Å². The van der Waals surface area contributed by atoms with Gasteiger partial charge in [-0.3, -0.25) is 4.79 Å². The summed E-state index contributed by atoms with van der Waals surface area (Å²) in [5, 5.41) is 13.4. The summed E-state index contributed by atoms with van der Waals surface area (Å²) in [7, 11) is 0. The Hall–Kier alpha value is -2.90. The minimum Gasteiger partial charge on any atom is -0.508 e. The molecule has 1 amide bonds. The Labute approximate surface area is 164 Å². The average molecular weight is 382 g/mol. The normalized spacial score (nSPS) is 19.0. The van der Waals surface area contributed by atoms with Gasteiger partial charge >= 0.3 is 0 Å². The summed E-state index contributed by atoms with van der Waals surface area (Å²) in [5.74, 6) is 0.797. The Bertz CT molecular complexity index is 808. The molecule has 2 unspecified atom stereocenters. The van der Waals surface area contributed by atoms with Crippen LogP contribution >= 0.6 is 0 Å². The molecule has 7 nitrogen and oxygen atoms in total. The van der Waals surface area contributed by atoms with Crippen molar-refractivity contribution in [2.75, 3.05) is 6.61 Å². The van der Waals surface area contributed by atoms with E-state index < -0.39 is 0 Å². The van der Waals surface area contributed by atoms with Crippen LogP contribution in [0.1, 0.15) is 43.4 Å². The predicted octanol–water partition coefficient (Wildman–Crippen LogP) is 2.63. The number of ether oxygens (including phenoxy) is 1. The number of nitrogens with one attached hydrogen (secondary N) is 3. The molecule has 2 aromatic carbocycles. The van der Waals surface area contributed by atoms with Crippen molar-refractivity contribution in [2.45, 2.75) is 38.3 Å². The number of aromatic hydroxyl groups is 1. The zero-order valence-corrected chi connectivity index (χ0v) is 15.9. The second-order valence-electron chi connectivity index (χ2n) is 6.73. The van der Waals surface area contributed by atoms with Crippen LogP contribution in [0.4, 0.5) is 0 Å². The van der Waals surface area contributed by atoms with Gasteiger partial charge < -0.3 is 9.84 Å². The number of phenols is 1. The van der Waals surface area contributed by atoms with Crippen LogP contribution in [0.2, 0.25) is 0 Å². The maximum atomic E-state index is 12.3. The van der Waals surface area contributed by atoms with E-state index in [2.05, 4.69) is 28.3 Å². The molecule has 2 atom stereocenters. The molecule has 3 rings (SSSR count). The van der Waals surface area contributed by atoms with Gasteiger partial charge in [0.2, 0.25) is 0 Å². The molecule has 4 N–H and O–H groups in total. The molecule has 0 aromatic heterocycles. The summed E-state index contributed by atoms with van der Waals surface area (Å²) in [6.45, 7) is 2.86. The van der Waals surface area contributed by atoms with Gasteiger partial charge in [-0.05, 0) is 48.2 Å². The first-order chi connectivity index (χ1) is 13.7. The first kappa shape index (κ1) is 19.9. The zero-order valence-electron chi connectivity index (χ0n) is 15.9. The van der Waals surface area contributed by atoms with Crippen LogP contribution in [-0.2, 0) is 4.79 Å². The quantitative estimate of drug-likeness (QED) is 0.320. The highest BCUT2D eigenvalue weighted by atomic mass is 16.5. The number of carbonyl (C=O) groups is 1. The molecular weight excluding hydrogens is 356 g/mol. The molecule has 0 aliphatic carbocycles. The van der Waals surface area contributed by atoms with E-state index in [1.165, 1.54) is 6.21 Å². The molecule has 1 aliphatic heterocycles. The SMILES string of the molecule is CCCCOc1ccc(C2CC(C(=O)N/N=C/c3cccc(O)c3)NN2)cc1. The maximum absolute atomic E-state index is 12.3. The molecule has 0 spiro atoms. The number of hydrazine groups is 1. The molecule has 1 saturated heterocycles. The monoisotopic (exact) mass is 382 g/mol. The van der Waals surface area contributed by atoms with Crippen LogP contribution in [0.5, 0.6) is 11.5 Å². The summed E-state index contributed by atoms with van der Waals surface area (Å²) in [5.41, 5.74) is 10.5. The molecule has 148 valence electrons. The second-order valence-corrected chi connectivity index (χ2v) is 6.73. The number of hydrogen-bond donors (Lipinski definition) is 4. The standard InChI is InChI=1S/C21H26N4O3/c1-2-3-11-28-18-9-7-16(8-10-18)19-13-20(24-23-19)21(27)25-22-14-15-5-4-6-17(26)12-15/h4-10,12,14,19-20,23-24,26H,2-3,11,13H2,1H3,(H,25,27)/b22-14+. The molecule has 0 bridgehead atoms. The van der Waals surface area contributed by atoms with E-state index in [-0.39, 0.29) is 23.7 Å². The highest BCUT2D eigenvalue weighted by Crippen LogP contribution is 2.24. The third kappa shape index (κ3) is 5.55. The van der Waals surface area contributed by atoms with E-state index in [4.69, 9.17) is 4.74 Å². The minimum absolute atomic E-state index is 0.0375. The number of unbranched alkanes of at least 4 members (excludes halogenated alkanes) is 1. The fourth-order valence-electron chi connectivity index (χ4n) is 2.93. The Balaban J connectivity index is 1.48.